The summed E-state index contributed by atoms with van der Waals surface area (Å²) in [6, 6.07) is 14.3. The van der Waals surface area contributed by atoms with Crippen LogP contribution in [-0.2, 0) is 23.6 Å². The molecule has 27 heavy (non-hydrogen) atoms. The first-order valence-corrected chi connectivity index (χ1v) is 9.18. The lowest BCUT2D eigenvalue weighted by atomic mass is 9.75. The zero-order valence-electron chi connectivity index (χ0n) is 14.8. The second-order valence-corrected chi connectivity index (χ2v) is 7.59. The standard InChI is InChI=1S/C20H18ClN5O/c1-26-12-22-24-18(26)9-20(10-27-11-20)14-4-2-3-13(7-14)19-16-8-15(21)5-6-17(16)23-25-19/h2-8,12H,9-11H2,1H3,(H,23,25). The summed E-state index contributed by atoms with van der Waals surface area (Å²) in [5.74, 6) is 0.959. The van der Waals surface area contributed by atoms with Crippen LogP contribution in [0, 0.1) is 0 Å². The summed E-state index contributed by atoms with van der Waals surface area (Å²) in [7, 11) is 1.97. The van der Waals surface area contributed by atoms with Crippen molar-refractivity contribution < 1.29 is 4.74 Å². The molecule has 1 saturated heterocycles. The quantitative estimate of drug-likeness (QED) is 0.589. The van der Waals surface area contributed by atoms with Crippen LogP contribution >= 0.6 is 11.6 Å². The van der Waals surface area contributed by atoms with E-state index in [1.54, 1.807) is 6.33 Å². The van der Waals surface area contributed by atoms with E-state index in [9.17, 15) is 0 Å². The van der Waals surface area contributed by atoms with Crippen LogP contribution in [-0.4, -0.2) is 38.2 Å². The fourth-order valence-electron chi connectivity index (χ4n) is 3.69. The van der Waals surface area contributed by atoms with Crippen LogP contribution in [0.4, 0.5) is 0 Å². The van der Waals surface area contributed by atoms with Crippen molar-refractivity contribution in [2.45, 2.75) is 11.8 Å². The van der Waals surface area contributed by atoms with Crippen LogP contribution in [0.1, 0.15) is 11.4 Å². The smallest absolute Gasteiger partial charge is 0.133 e. The van der Waals surface area contributed by atoms with Gasteiger partial charge < -0.3 is 9.30 Å². The molecule has 0 aliphatic carbocycles. The summed E-state index contributed by atoms with van der Waals surface area (Å²) in [6.07, 6.45) is 2.53. The topological polar surface area (TPSA) is 68.6 Å². The molecule has 0 saturated carbocycles. The minimum absolute atomic E-state index is 0.0828. The fourth-order valence-corrected chi connectivity index (χ4v) is 3.86. The summed E-state index contributed by atoms with van der Waals surface area (Å²) in [6.45, 7) is 1.35. The SMILES string of the molecule is Cn1cnnc1CC1(c2cccc(-c3n[nH]c4ccc(Cl)cc34)c2)COC1. The highest BCUT2D eigenvalue weighted by Crippen LogP contribution is 2.38. The van der Waals surface area contributed by atoms with Gasteiger partial charge in [0.25, 0.3) is 0 Å². The Hall–Kier alpha value is -2.70. The van der Waals surface area contributed by atoms with Gasteiger partial charge in [0.15, 0.2) is 0 Å². The van der Waals surface area contributed by atoms with Crippen LogP contribution in [0.2, 0.25) is 5.02 Å². The van der Waals surface area contributed by atoms with Crippen molar-refractivity contribution in [2.75, 3.05) is 13.2 Å². The lowest BCUT2D eigenvalue weighted by molar-refractivity contribution is -0.0611. The van der Waals surface area contributed by atoms with Crippen LogP contribution in [0.3, 0.4) is 0 Å². The van der Waals surface area contributed by atoms with Crippen molar-refractivity contribution in [1.29, 1.82) is 0 Å². The average molecular weight is 380 g/mol. The molecule has 2 aromatic heterocycles. The first kappa shape index (κ1) is 16.5. The zero-order chi connectivity index (χ0) is 18.4. The maximum atomic E-state index is 6.19. The Labute approximate surface area is 161 Å². The number of aryl methyl sites for hydroxylation is 1. The molecule has 0 radical (unpaired) electrons. The van der Waals surface area contributed by atoms with E-state index in [0.29, 0.717) is 18.2 Å². The highest BCUT2D eigenvalue weighted by atomic mass is 35.5. The molecule has 1 aliphatic rings. The van der Waals surface area contributed by atoms with E-state index in [0.717, 1.165) is 34.4 Å². The van der Waals surface area contributed by atoms with Crippen molar-refractivity contribution >= 4 is 22.5 Å². The molecule has 3 heterocycles. The lowest BCUT2D eigenvalue weighted by Crippen LogP contribution is -2.49. The number of rotatable bonds is 4. The number of nitrogens with zero attached hydrogens (tertiary/aromatic N) is 4. The highest BCUT2D eigenvalue weighted by molar-refractivity contribution is 6.31. The molecule has 0 unspecified atom stereocenters. The molecular formula is C20H18ClN5O. The Morgan fingerprint density at radius 1 is 1.22 bits per heavy atom. The van der Waals surface area contributed by atoms with Crippen LogP contribution in [0.25, 0.3) is 22.2 Å². The minimum Gasteiger partial charge on any atom is -0.379 e. The van der Waals surface area contributed by atoms with Crippen LogP contribution in [0.5, 0.6) is 0 Å². The van der Waals surface area contributed by atoms with Gasteiger partial charge in [-0.1, -0.05) is 29.8 Å². The molecular weight excluding hydrogens is 362 g/mol. The van der Waals surface area contributed by atoms with Gasteiger partial charge in [-0.15, -0.1) is 10.2 Å². The molecule has 5 rings (SSSR count). The third-order valence-electron chi connectivity index (χ3n) is 5.33. The third-order valence-corrected chi connectivity index (χ3v) is 5.57. The Balaban J connectivity index is 1.56. The maximum Gasteiger partial charge on any atom is 0.133 e. The molecule has 0 atom stereocenters. The largest absolute Gasteiger partial charge is 0.379 e. The number of H-pyrrole nitrogens is 1. The normalized spacial score (nSPS) is 15.8. The van der Waals surface area contributed by atoms with Crippen molar-refractivity contribution in [3.63, 3.8) is 0 Å². The number of fused-ring (bicyclic) bond motifs is 1. The van der Waals surface area contributed by atoms with E-state index in [2.05, 4.69) is 44.7 Å². The molecule has 0 spiro atoms. The predicted octanol–water partition coefficient (Wildman–Crippen LogP) is 3.52. The monoisotopic (exact) mass is 379 g/mol. The second-order valence-electron chi connectivity index (χ2n) is 7.15. The van der Waals surface area contributed by atoms with Gasteiger partial charge in [-0.25, -0.2) is 0 Å². The minimum atomic E-state index is -0.0828. The molecule has 1 N–H and O–H groups in total. The van der Waals surface area contributed by atoms with Crippen LogP contribution < -0.4 is 0 Å². The fraction of sp³-hybridized carbons (Fsp3) is 0.250. The number of ether oxygens (including phenoxy) is 1. The number of aromatic nitrogens is 5. The molecule has 136 valence electrons. The number of benzene rings is 2. The van der Waals surface area contributed by atoms with E-state index in [-0.39, 0.29) is 5.41 Å². The average Bonchev–Trinajstić information content (AvgIpc) is 3.24. The second kappa shape index (κ2) is 6.18. The molecule has 2 aromatic carbocycles. The molecule has 1 aliphatic heterocycles. The maximum absolute atomic E-state index is 6.19. The highest BCUT2D eigenvalue weighted by Gasteiger charge is 2.41. The van der Waals surface area contributed by atoms with Gasteiger partial charge in [-0.05, 0) is 29.8 Å². The summed E-state index contributed by atoms with van der Waals surface area (Å²) < 4.78 is 7.57. The molecule has 4 aromatic rings. The summed E-state index contributed by atoms with van der Waals surface area (Å²) in [4.78, 5) is 0. The Bertz CT molecular complexity index is 1130. The molecule has 6 nitrogen and oxygen atoms in total. The van der Waals surface area contributed by atoms with Crippen LogP contribution in [0.15, 0.2) is 48.8 Å². The Kier molecular flexibility index (Phi) is 3.77. The van der Waals surface area contributed by atoms with Gasteiger partial charge in [0.2, 0.25) is 0 Å². The summed E-state index contributed by atoms with van der Waals surface area (Å²) in [5, 5.41) is 17.6. The first-order chi connectivity index (χ1) is 13.1. The third kappa shape index (κ3) is 2.72. The number of hydrogen-bond acceptors (Lipinski definition) is 4. The van der Waals surface area contributed by atoms with E-state index < -0.39 is 0 Å². The molecule has 1 fully saturated rings. The zero-order valence-corrected chi connectivity index (χ0v) is 15.6. The summed E-state index contributed by atoms with van der Waals surface area (Å²) >= 11 is 6.19. The lowest BCUT2D eigenvalue weighted by Gasteiger charge is -2.41. The Morgan fingerprint density at radius 3 is 2.85 bits per heavy atom. The Morgan fingerprint density at radius 2 is 2.11 bits per heavy atom. The van der Waals surface area contributed by atoms with Gasteiger partial charge in [0.05, 0.1) is 24.4 Å². The van der Waals surface area contributed by atoms with E-state index in [1.807, 2.05) is 29.8 Å². The molecule has 7 heteroatoms. The van der Waals surface area contributed by atoms with Crippen molar-refractivity contribution in [3.05, 3.63) is 65.2 Å². The number of hydrogen-bond donors (Lipinski definition) is 1. The van der Waals surface area contributed by atoms with Crippen molar-refractivity contribution in [1.82, 2.24) is 25.0 Å². The number of aromatic amines is 1. The van der Waals surface area contributed by atoms with E-state index in [4.69, 9.17) is 16.3 Å². The van der Waals surface area contributed by atoms with E-state index >= 15 is 0 Å². The molecule has 0 amide bonds. The number of nitrogens with one attached hydrogen (secondary N) is 1. The first-order valence-electron chi connectivity index (χ1n) is 8.80. The van der Waals surface area contributed by atoms with E-state index in [1.165, 1.54) is 5.56 Å². The molecule has 0 bridgehead atoms. The van der Waals surface area contributed by atoms with Gasteiger partial charge in [-0.2, -0.15) is 5.10 Å². The van der Waals surface area contributed by atoms with Gasteiger partial charge in [0, 0.05) is 34.9 Å². The summed E-state index contributed by atoms with van der Waals surface area (Å²) in [5.41, 5.74) is 4.09. The number of halogens is 1. The van der Waals surface area contributed by atoms with Crippen molar-refractivity contribution in [2.24, 2.45) is 7.05 Å². The van der Waals surface area contributed by atoms with Gasteiger partial charge >= 0.3 is 0 Å². The van der Waals surface area contributed by atoms with Crippen molar-refractivity contribution in [3.8, 4) is 11.3 Å². The van der Waals surface area contributed by atoms with Gasteiger partial charge in [0.1, 0.15) is 12.2 Å². The predicted molar refractivity (Wildman–Crippen MR) is 104 cm³/mol. The van der Waals surface area contributed by atoms with Gasteiger partial charge in [-0.3, -0.25) is 5.10 Å².